The van der Waals surface area contributed by atoms with Crippen LogP contribution in [0.4, 0.5) is 0 Å². The van der Waals surface area contributed by atoms with Gasteiger partial charge in [0.25, 0.3) is 0 Å². The second kappa shape index (κ2) is 5.76. The Bertz CT molecular complexity index is 464. The molecule has 0 aromatic heterocycles. The Morgan fingerprint density at radius 1 is 1.24 bits per heavy atom. The number of hydrogen-bond donors (Lipinski definition) is 3. The molecule has 0 aliphatic heterocycles. The lowest BCUT2D eigenvalue weighted by atomic mass is 10.2. The van der Waals surface area contributed by atoms with Crippen molar-refractivity contribution >= 4 is 25.8 Å². The van der Waals surface area contributed by atoms with Crippen molar-refractivity contribution in [2.24, 2.45) is 0 Å². The molecule has 102 valence electrons. The van der Waals surface area contributed by atoms with Gasteiger partial charge in [-0.15, -0.1) is 0 Å². The quantitative estimate of drug-likeness (QED) is 0.483. The normalized spacial score (nSPS) is 16.4. The van der Waals surface area contributed by atoms with Crippen molar-refractivity contribution in [2.45, 2.75) is 19.1 Å². The van der Waals surface area contributed by atoms with Gasteiger partial charge >= 0.3 is 5.97 Å². The number of nitrogens with one attached hydrogen (secondary N) is 1. The lowest BCUT2D eigenvalue weighted by Crippen LogP contribution is -2.48. The van der Waals surface area contributed by atoms with Gasteiger partial charge in [0, 0.05) is 6.26 Å². The zero-order valence-corrected chi connectivity index (χ0v) is 11.0. The van der Waals surface area contributed by atoms with E-state index < -0.39 is 49.5 Å². The molecule has 0 saturated heterocycles. The van der Waals surface area contributed by atoms with Crippen molar-refractivity contribution in [2.75, 3.05) is 17.8 Å². The summed E-state index contributed by atoms with van der Waals surface area (Å²) in [4.78, 5) is 10.6. The second-order valence-corrected chi connectivity index (χ2v) is 7.76. The fraction of sp³-hybridized carbons (Fsp3) is 0.857. The van der Waals surface area contributed by atoms with E-state index in [1.807, 2.05) is 0 Å². The van der Waals surface area contributed by atoms with E-state index >= 15 is 0 Å². The highest BCUT2D eigenvalue weighted by atomic mass is 32.2. The molecule has 0 heterocycles. The van der Waals surface area contributed by atoms with Crippen LogP contribution in [0.25, 0.3) is 0 Å². The van der Waals surface area contributed by atoms with Crippen LogP contribution in [0.15, 0.2) is 0 Å². The molecule has 0 amide bonds. The van der Waals surface area contributed by atoms with Gasteiger partial charge in [0.1, 0.15) is 15.9 Å². The molecule has 10 heteroatoms. The second-order valence-electron chi connectivity index (χ2n) is 3.62. The molecular weight excluding hydrogens is 274 g/mol. The first kappa shape index (κ1) is 16.3. The summed E-state index contributed by atoms with van der Waals surface area (Å²) in [5.74, 6) is -2.90. The highest BCUT2D eigenvalue weighted by molar-refractivity contribution is 7.93. The van der Waals surface area contributed by atoms with E-state index in [2.05, 4.69) is 0 Å². The molecule has 0 aliphatic carbocycles. The van der Waals surface area contributed by atoms with Crippen molar-refractivity contribution in [1.29, 1.82) is 0 Å². The Kier molecular flexibility index (Phi) is 5.52. The van der Waals surface area contributed by atoms with Crippen molar-refractivity contribution in [1.82, 2.24) is 4.72 Å². The van der Waals surface area contributed by atoms with Gasteiger partial charge in [0.2, 0.25) is 10.0 Å². The summed E-state index contributed by atoms with van der Waals surface area (Å²) in [5.41, 5.74) is 0. The predicted molar refractivity (Wildman–Crippen MR) is 59.7 cm³/mol. The summed E-state index contributed by atoms with van der Waals surface area (Å²) in [6.07, 6.45) is -0.563. The third-order valence-electron chi connectivity index (χ3n) is 1.78. The van der Waals surface area contributed by atoms with E-state index in [1.54, 1.807) is 4.72 Å². The number of sulfonamides is 1. The third-order valence-corrected chi connectivity index (χ3v) is 4.34. The minimum Gasteiger partial charge on any atom is -0.480 e. The maximum Gasteiger partial charge on any atom is 0.324 e. The third kappa shape index (κ3) is 7.26. The van der Waals surface area contributed by atoms with Crippen molar-refractivity contribution in [3.8, 4) is 0 Å². The summed E-state index contributed by atoms with van der Waals surface area (Å²) in [5, 5.41) is 17.7. The molecule has 0 rings (SSSR count). The van der Waals surface area contributed by atoms with Crippen LogP contribution in [0.5, 0.6) is 0 Å². The molecule has 0 saturated carbocycles. The topological polar surface area (TPSA) is 138 Å². The fourth-order valence-electron chi connectivity index (χ4n) is 0.869. The summed E-state index contributed by atoms with van der Waals surface area (Å²) in [6, 6.07) is -1.69. The largest absolute Gasteiger partial charge is 0.480 e. The Hall–Kier alpha value is -0.710. The van der Waals surface area contributed by atoms with E-state index in [0.717, 1.165) is 13.2 Å². The van der Waals surface area contributed by atoms with Gasteiger partial charge in [0.05, 0.1) is 17.6 Å². The summed E-state index contributed by atoms with van der Waals surface area (Å²) in [6.45, 7) is 1.11. The molecule has 3 N–H and O–H groups in total. The maximum atomic E-state index is 11.3. The highest BCUT2D eigenvalue weighted by Gasteiger charge is 2.28. The first-order chi connectivity index (χ1) is 7.44. The molecule has 0 unspecified atom stereocenters. The summed E-state index contributed by atoms with van der Waals surface area (Å²) < 4.78 is 46.0. The summed E-state index contributed by atoms with van der Waals surface area (Å²) >= 11 is 0. The van der Waals surface area contributed by atoms with Gasteiger partial charge in [-0.05, 0) is 6.92 Å². The molecule has 17 heavy (non-hydrogen) atoms. The molecule has 0 aliphatic rings. The number of aliphatic carboxylic acids is 1. The van der Waals surface area contributed by atoms with E-state index in [4.69, 9.17) is 10.2 Å². The van der Waals surface area contributed by atoms with Crippen molar-refractivity contribution < 1.29 is 31.8 Å². The Balaban J connectivity index is 4.69. The van der Waals surface area contributed by atoms with E-state index in [0.29, 0.717) is 0 Å². The Labute approximate surface area is 99.6 Å². The molecule has 2 atom stereocenters. The van der Waals surface area contributed by atoms with Crippen LogP contribution in [-0.4, -0.2) is 62.9 Å². The van der Waals surface area contributed by atoms with Gasteiger partial charge in [-0.2, -0.15) is 4.72 Å². The monoisotopic (exact) mass is 289 g/mol. The van der Waals surface area contributed by atoms with Gasteiger partial charge < -0.3 is 10.2 Å². The standard InChI is InChI=1S/C7H15NO7S2/c1-5(9)6(7(10)11)8-17(14,15)4-3-16(2,12)13/h5-6,8-9H,3-4H2,1-2H3,(H,10,11)/t5-,6+/m1/s1. The molecular formula is C7H15NO7S2. The fourth-order valence-corrected chi connectivity index (χ4v) is 3.76. The smallest absolute Gasteiger partial charge is 0.324 e. The SMILES string of the molecule is C[C@@H](O)[C@H](NS(=O)(=O)CCS(C)(=O)=O)C(=O)O. The maximum absolute atomic E-state index is 11.3. The Morgan fingerprint density at radius 2 is 1.71 bits per heavy atom. The van der Waals surface area contributed by atoms with Crippen LogP contribution >= 0.6 is 0 Å². The van der Waals surface area contributed by atoms with Crippen molar-refractivity contribution in [3.63, 3.8) is 0 Å². The first-order valence-electron chi connectivity index (χ1n) is 4.53. The van der Waals surface area contributed by atoms with Crippen molar-refractivity contribution in [3.05, 3.63) is 0 Å². The van der Waals surface area contributed by atoms with Crippen LogP contribution in [0.2, 0.25) is 0 Å². The molecule has 0 aromatic carbocycles. The van der Waals surface area contributed by atoms with Crippen LogP contribution in [-0.2, 0) is 24.7 Å². The lowest BCUT2D eigenvalue weighted by Gasteiger charge is -2.16. The predicted octanol–water partition coefficient (Wildman–Crippen LogP) is -2.22. The van der Waals surface area contributed by atoms with Crippen LogP contribution in [0.3, 0.4) is 0 Å². The minimum atomic E-state index is -4.07. The van der Waals surface area contributed by atoms with E-state index in [-0.39, 0.29) is 0 Å². The summed E-state index contributed by atoms with van der Waals surface area (Å²) in [7, 11) is -7.54. The molecule has 8 nitrogen and oxygen atoms in total. The molecule has 0 fully saturated rings. The van der Waals surface area contributed by atoms with Gasteiger partial charge in [-0.25, -0.2) is 16.8 Å². The Morgan fingerprint density at radius 3 is 2.00 bits per heavy atom. The zero-order valence-electron chi connectivity index (χ0n) is 9.32. The molecule has 0 radical (unpaired) electrons. The van der Waals surface area contributed by atoms with Gasteiger partial charge in [-0.1, -0.05) is 0 Å². The number of rotatable bonds is 7. The average molecular weight is 289 g/mol. The molecule has 0 aromatic rings. The van der Waals surface area contributed by atoms with Crippen LogP contribution < -0.4 is 4.72 Å². The van der Waals surface area contributed by atoms with Gasteiger partial charge in [0.15, 0.2) is 0 Å². The van der Waals surface area contributed by atoms with Crippen LogP contribution in [0, 0.1) is 0 Å². The number of carboxylic acid groups (broad SMARTS) is 1. The van der Waals surface area contributed by atoms with Crippen LogP contribution in [0.1, 0.15) is 6.92 Å². The van der Waals surface area contributed by atoms with Gasteiger partial charge in [-0.3, -0.25) is 4.79 Å². The number of carboxylic acids is 1. The van der Waals surface area contributed by atoms with E-state index in [9.17, 15) is 21.6 Å². The molecule has 0 spiro atoms. The number of hydrogen-bond acceptors (Lipinski definition) is 6. The minimum absolute atomic E-state index is 0.617. The zero-order chi connectivity index (χ0) is 13.9. The highest BCUT2D eigenvalue weighted by Crippen LogP contribution is 1.98. The number of sulfone groups is 1. The number of aliphatic hydroxyl groups excluding tert-OH is 1. The van der Waals surface area contributed by atoms with E-state index in [1.165, 1.54) is 0 Å². The molecule has 0 bridgehead atoms. The lowest BCUT2D eigenvalue weighted by molar-refractivity contribution is -0.141. The number of aliphatic hydroxyl groups is 1. The average Bonchev–Trinajstić information content (AvgIpc) is 2.09. The first-order valence-corrected chi connectivity index (χ1v) is 8.24. The number of carbonyl (C=O) groups is 1.